The molecule has 5 heteroatoms. The zero-order valence-electron chi connectivity index (χ0n) is 9.26. The zero-order valence-corrected chi connectivity index (χ0v) is 9.26. The fourth-order valence-electron chi connectivity index (χ4n) is 1.38. The van der Waals surface area contributed by atoms with Crippen LogP contribution in [0.2, 0.25) is 0 Å². The number of methoxy groups -OCH3 is 1. The van der Waals surface area contributed by atoms with Crippen molar-refractivity contribution in [2.24, 2.45) is 0 Å². The van der Waals surface area contributed by atoms with Crippen LogP contribution in [0.15, 0.2) is 18.3 Å². The summed E-state index contributed by atoms with van der Waals surface area (Å²) in [7, 11) is 1.61. The van der Waals surface area contributed by atoms with Crippen molar-refractivity contribution in [2.45, 2.75) is 0 Å². The highest BCUT2D eigenvalue weighted by Gasteiger charge is 2.11. The maximum atomic E-state index is 8.97. The highest BCUT2D eigenvalue weighted by atomic mass is 16.5. The molecular weight excluding hydrogens is 206 g/mol. The average molecular weight is 221 g/mol. The summed E-state index contributed by atoms with van der Waals surface area (Å²) in [5.74, 6) is 0.594. The van der Waals surface area contributed by atoms with Gasteiger partial charge in [0.2, 0.25) is 0 Å². The third kappa shape index (κ3) is 3.19. The molecule has 1 aromatic rings. The Balaban J connectivity index is 2.87. The van der Waals surface area contributed by atoms with Crippen LogP contribution in [0.5, 0.6) is 0 Å². The SMILES string of the molecule is COCCN(CCO)c1ncccc1C#N. The fraction of sp³-hybridized carbons (Fsp3) is 0.455. The minimum atomic E-state index is 0.0190. The van der Waals surface area contributed by atoms with Crippen LogP contribution in [0.1, 0.15) is 5.56 Å². The summed E-state index contributed by atoms with van der Waals surface area (Å²) in [5.41, 5.74) is 0.507. The van der Waals surface area contributed by atoms with Crippen LogP contribution in [-0.4, -0.2) is 43.5 Å². The molecule has 0 spiro atoms. The van der Waals surface area contributed by atoms with E-state index in [4.69, 9.17) is 15.1 Å². The Hall–Kier alpha value is -1.64. The Morgan fingerprint density at radius 1 is 1.56 bits per heavy atom. The van der Waals surface area contributed by atoms with E-state index in [1.807, 2.05) is 4.90 Å². The summed E-state index contributed by atoms with van der Waals surface area (Å²) in [6.45, 7) is 1.59. The van der Waals surface area contributed by atoms with Crippen LogP contribution < -0.4 is 4.90 Å². The van der Waals surface area contributed by atoms with E-state index in [1.165, 1.54) is 0 Å². The lowest BCUT2D eigenvalue weighted by molar-refractivity contribution is 0.202. The first-order chi connectivity index (χ1) is 7.83. The first kappa shape index (κ1) is 12.4. The number of aromatic nitrogens is 1. The number of rotatable bonds is 6. The molecule has 0 aromatic carbocycles. The van der Waals surface area contributed by atoms with Crippen molar-refractivity contribution in [2.75, 3.05) is 38.3 Å². The van der Waals surface area contributed by atoms with Crippen LogP contribution in [0, 0.1) is 11.3 Å². The minimum Gasteiger partial charge on any atom is -0.395 e. The Labute approximate surface area is 94.9 Å². The first-order valence-electron chi connectivity index (χ1n) is 5.03. The van der Waals surface area contributed by atoms with Gasteiger partial charge >= 0.3 is 0 Å². The van der Waals surface area contributed by atoms with Gasteiger partial charge in [-0.15, -0.1) is 0 Å². The lowest BCUT2D eigenvalue weighted by atomic mass is 10.2. The lowest BCUT2D eigenvalue weighted by Crippen LogP contribution is -2.31. The van der Waals surface area contributed by atoms with Crippen molar-refractivity contribution < 1.29 is 9.84 Å². The number of aliphatic hydroxyl groups is 1. The number of pyridine rings is 1. The van der Waals surface area contributed by atoms with Gasteiger partial charge in [-0.3, -0.25) is 0 Å². The Kier molecular flexibility index (Phi) is 5.26. The van der Waals surface area contributed by atoms with Gasteiger partial charge in [-0.25, -0.2) is 4.98 Å². The summed E-state index contributed by atoms with van der Waals surface area (Å²) >= 11 is 0. The smallest absolute Gasteiger partial charge is 0.146 e. The molecule has 0 saturated carbocycles. The molecule has 16 heavy (non-hydrogen) atoms. The molecule has 0 unspecified atom stereocenters. The maximum absolute atomic E-state index is 8.97. The lowest BCUT2D eigenvalue weighted by Gasteiger charge is -2.22. The van der Waals surface area contributed by atoms with Gasteiger partial charge in [0.05, 0.1) is 18.8 Å². The maximum Gasteiger partial charge on any atom is 0.146 e. The van der Waals surface area contributed by atoms with Crippen molar-refractivity contribution in [3.63, 3.8) is 0 Å². The molecule has 0 amide bonds. The van der Waals surface area contributed by atoms with Crippen molar-refractivity contribution in [3.8, 4) is 6.07 Å². The Bertz CT molecular complexity index is 362. The van der Waals surface area contributed by atoms with E-state index < -0.39 is 0 Å². The van der Waals surface area contributed by atoms with E-state index in [2.05, 4.69) is 11.1 Å². The second-order valence-electron chi connectivity index (χ2n) is 3.19. The molecule has 0 aliphatic heterocycles. The van der Waals surface area contributed by atoms with Crippen LogP contribution in [0.3, 0.4) is 0 Å². The monoisotopic (exact) mass is 221 g/mol. The van der Waals surface area contributed by atoms with Gasteiger partial charge in [-0.2, -0.15) is 5.26 Å². The summed E-state index contributed by atoms with van der Waals surface area (Å²) < 4.78 is 4.98. The van der Waals surface area contributed by atoms with E-state index in [1.54, 1.807) is 25.4 Å². The third-order valence-corrected chi connectivity index (χ3v) is 2.14. The molecule has 0 aliphatic rings. The van der Waals surface area contributed by atoms with Gasteiger partial charge in [-0.05, 0) is 12.1 Å². The molecule has 0 fully saturated rings. The molecule has 1 aromatic heterocycles. The molecule has 86 valence electrons. The number of nitriles is 1. The number of nitrogens with zero attached hydrogens (tertiary/aromatic N) is 3. The van der Waals surface area contributed by atoms with Crippen molar-refractivity contribution in [1.82, 2.24) is 4.98 Å². The standard InChI is InChI=1S/C11H15N3O2/c1-16-8-6-14(5-7-15)11-10(9-12)3-2-4-13-11/h2-4,15H,5-8H2,1H3. The number of hydrogen-bond acceptors (Lipinski definition) is 5. The van der Waals surface area contributed by atoms with Gasteiger partial charge in [0.25, 0.3) is 0 Å². The first-order valence-corrected chi connectivity index (χ1v) is 5.03. The van der Waals surface area contributed by atoms with Gasteiger partial charge in [0.15, 0.2) is 0 Å². The van der Waals surface area contributed by atoms with Gasteiger partial charge in [0.1, 0.15) is 11.9 Å². The zero-order chi connectivity index (χ0) is 11.8. The van der Waals surface area contributed by atoms with E-state index in [9.17, 15) is 0 Å². The molecule has 1 rings (SSSR count). The predicted octanol–water partition coefficient (Wildman–Crippen LogP) is 0.398. The largest absolute Gasteiger partial charge is 0.395 e. The average Bonchev–Trinajstić information content (AvgIpc) is 2.34. The molecule has 0 saturated heterocycles. The van der Waals surface area contributed by atoms with Gasteiger partial charge in [0, 0.05) is 26.4 Å². The minimum absolute atomic E-state index is 0.0190. The molecule has 0 bridgehead atoms. The summed E-state index contributed by atoms with van der Waals surface area (Å²) in [5, 5.41) is 17.9. The molecule has 0 radical (unpaired) electrons. The van der Waals surface area contributed by atoms with Crippen LogP contribution in [0.4, 0.5) is 5.82 Å². The Morgan fingerprint density at radius 3 is 3.00 bits per heavy atom. The van der Waals surface area contributed by atoms with Crippen LogP contribution in [-0.2, 0) is 4.74 Å². The normalized spacial score (nSPS) is 9.81. The van der Waals surface area contributed by atoms with E-state index in [0.717, 1.165) is 0 Å². The van der Waals surface area contributed by atoms with Crippen LogP contribution in [0.25, 0.3) is 0 Å². The second-order valence-corrected chi connectivity index (χ2v) is 3.19. The summed E-state index contributed by atoms with van der Waals surface area (Å²) in [6, 6.07) is 5.51. The van der Waals surface area contributed by atoms with E-state index in [-0.39, 0.29) is 6.61 Å². The van der Waals surface area contributed by atoms with Gasteiger partial charge in [-0.1, -0.05) is 0 Å². The molecule has 1 heterocycles. The predicted molar refractivity (Wildman–Crippen MR) is 60.1 cm³/mol. The number of aliphatic hydroxyl groups excluding tert-OH is 1. The summed E-state index contributed by atoms with van der Waals surface area (Å²) in [4.78, 5) is 5.99. The number of hydrogen-bond donors (Lipinski definition) is 1. The number of ether oxygens (including phenoxy) is 1. The van der Waals surface area contributed by atoms with Crippen molar-refractivity contribution in [1.29, 1.82) is 5.26 Å². The van der Waals surface area contributed by atoms with Crippen molar-refractivity contribution >= 4 is 5.82 Å². The second kappa shape index (κ2) is 6.77. The molecular formula is C11H15N3O2. The van der Waals surface area contributed by atoms with Crippen molar-refractivity contribution in [3.05, 3.63) is 23.9 Å². The molecule has 0 aliphatic carbocycles. The topological polar surface area (TPSA) is 69.4 Å². The van der Waals surface area contributed by atoms with Gasteiger partial charge < -0.3 is 14.7 Å². The number of anilines is 1. The molecule has 0 atom stereocenters. The molecule has 5 nitrogen and oxygen atoms in total. The third-order valence-electron chi connectivity index (χ3n) is 2.14. The quantitative estimate of drug-likeness (QED) is 0.753. The molecule has 1 N–H and O–H groups in total. The Morgan fingerprint density at radius 2 is 2.38 bits per heavy atom. The highest BCUT2D eigenvalue weighted by Crippen LogP contribution is 2.15. The summed E-state index contributed by atoms with van der Waals surface area (Å²) in [6.07, 6.45) is 1.63. The fourth-order valence-corrected chi connectivity index (χ4v) is 1.38. The van der Waals surface area contributed by atoms with Crippen LogP contribution >= 0.6 is 0 Å². The van der Waals surface area contributed by atoms with E-state index >= 15 is 0 Å². The highest BCUT2D eigenvalue weighted by molar-refractivity contribution is 5.53. The van der Waals surface area contributed by atoms with E-state index in [0.29, 0.717) is 31.1 Å².